The van der Waals surface area contributed by atoms with Crippen LogP contribution in [0.1, 0.15) is 40.9 Å². The Morgan fingerprint density at radius 2 is 1.70 bits per heavy atom. The third kappa shape index (κ3) is 7.00. The highest BCUT2D eigenvalue weighted by Gasteiger charge is 2.35. The number of likely N-dealkylation sites (tertiary alicyclic amines) is 1. The molecular formula is C36H29ClF3N3O3. The summed E-state index contributed by atoms with van der Waals surface area (Å²) in [6.45, 7) is 0.0250. The van der Waals surface area contributed by atoms with Crippen molar-refractivity contribution in [2.24, 2.45) is 0 Å². The van der Waals surface area contributed by atoms with E-state index in [4.69, 9.17) is 21.8 Å². The summed E-state index contributed by atoms with van der Waals surface area (Å²) < 4.78 is 47.4. The fourth-order valence-electron chi connectivity index (χ4n) is 5.43. The third-order valence-electron chi connectivity index (χ3n) is 8.03. The number of nitrogen functional groups attached to an aromatic ring is 1. The number of nitrogens with two attached hydrogens (primary N) is 1. The van der Waals surface area contributed by atoms with E-state index in [0.717, 1.165) is 22.1 Å². The second-order valence-electron chi connectivity index (χ2n) is 11.3. The van der Waals surface area contributed by atoms with Crippen molar-refractivity contribution >= 4 is 46.2 Å². The summed E-state index contributed by atoms with van der Waals surface area (Å²) in [6.07, 6.45) is 4.65. The molecule has 1 fully saturated rings. The number of fused-ring (bicyclic) bond motifs is 1. The van der Waals surface area contributed by atoms with E-state index in [1.165, 1.54) is 23.1 Å². The van der Waals surface area contributed by atoms with Gasteiger partial charge in [0.15, 0.2) is 5.78 Å². The van der Waals surface area contributed by atoms with Gasteiger partial charge < -0.3 is 15.1 Å². The fourth-order valence-corrected chi connectivity index (χ4v) is 5.61. The average Bonchev–Trinajstić information content (AvgIpc) is 3.47. The Bertz CT molecular complexity index is 1940. The summed E-state index contributed by atoms with van der Waals surface area (Å²) in [7, 11) is 0. The molecule has 2 aromatic heterocycles. The summed E-state index contributed by atoms with van der Waals surface area (Å²) >= 11 is 6.13. The van der Waals surface area contributed by atoms with Crippen molar-refractivity contribution in [3.63, 3.8) is 0 Å². The maximum atomic E-state index is 14.0. The minimum atomic E-state index is -2.73. The second kappa shape index (κ2) is 12.8. The number of hydrogen-bond donors (Lipinski definition) is 1. The molecule has 0 unspecified atom stereocenters. The van der Waals surface area contributed by atoms with Crippen molar-refractivity contribution in [3.05, 3.63) is 113 Å². The van der Waals surface area contributed by atoms with Gasteiger partial charge in [0.1, 0.15) is 23.0 Å². The van der Waals surface area contributed by atoms with Crippen molar-refractivity contribution in [2.45, 2.75) is 31.6 Å². The number of amides is 1. The smallest absolute Gasteiger partial charge is 0.253 e. The van der Waals surface area contributed by atoms with E-state index in [1.807, 2.05) is 18.2 Å². The summed E-state index contributed by atoms with van der Waals surface area (Å²) in [6, 6.07) is 20.6. The monoisotopic (exact) mass is 643 g/mol. The number of anilines is 1. The Labute approximate surface area is 268 Å². The Hall–Kier alpha value is -4.89. The lowest BCUT2D eigenvalue weighted by Gasteiger charge is -2.31. The van der Waals surface area contributed by atoms with Crippen LogP contribution in [0, 0.1) is 5.82 Å². The Kier molecular flexibility index (Phi) is 8.69. The molecule has 3 aromatic carbocycles. The van der Waals surface area contributed by atoms with Crippen LogP contribution in [0.15, 0.2) is 89.5 Å². The minimum absolute atomic E-state index is 0.0125. The molecule has 1 aliphatic heterocycles. The Morgan fingerprint density at radius 3 is 2.39 bits per heavy atom. The van der Waals surface area contributed by atoms with Crippen molar-refractivity contribution in [1.29, 1.82) is 0 Å². The second-order valence-corrected chi connectivity index (χ2v) is 11.7. The van der Waals surface area contributed by atoms with Crippen LogP contribution < -0.4 is 5.73 Å². The SMILES string of the molecule is Nc1ccc(/C=C/C(=O)CCc2cc3cc(-c4ccc(C(=O)N5CCC(F)(F)CC5)cc4)cc(-c4ccc(F)c(Cl)c4)c3o2)cn1. The summed E-state index contributed by atoms with van der Waals surface area (Å²) in [5, 5.41) is 0.739. The number of halogens is 4. The highest BCUT2D eigenvalue weighted by Crippen LogP contribution is 2.38. The molecular weight excluding hydrogens is 615 g/mol. The standard InChI is InChI=1S/C36H29ClF3N3O3/c37-31-20-25(7-11-32(31)38)30-19-26(23-3-5-24(6-4-23)35(45)43-15-13-36(39,40)14-16-43)17-27-18-29(46-34(27)30)10-9-28(44)8-1-22-2-12-33(41)42-21-22/h1-8,11-12,17-21H,9-10,13-16H2,(H2,41,42)/b8-1+. The summed E-state index contributed by atoms with van der Waals surface area (Å²) in [5.74, 6) is -2.65. The van der Waals surface area contributed by atoms with E-state index in [2.05, 4.69) is 4.98 Å². The zero-order valence-electron chi connectivity index (χ0n) is 24.6. The van der Waals surface area contributed by atoms with Gasteiger partial charge in [-0.05, 0) is 89.0 Å². The van der Waals surface area contributed by atoms with Gasteiger partial charge in [0.05, 0.1) is 5.02 Å². The molecule has 46 heavy (non-hydrogen) atoms. The van der Waals surface area contributed by atoms with E-state index in [-0.39, 0.29) is 49.1 Å². The molecule has 2 N–H and O–H groups in total. The predicted molar refractivity (Wildman–Crippen MR) is 173 cm³/mol. The third-order valence-corrected chi connectivity index (χ3v) is 8.32. The van der Waals surface area contributed by atoms with Gasteiger partial charge >= 0.3 is 0 Å². The number of nitrogens with zero attached hydrogens (tertiary/aromatic N) is 2. The van der Waals surface area contributed by atoms with E-state index in [1.54, 1.807) is 54.7 Å². The maximum Gasteiger partial charge on any atom is 0.253 e. The predicted octanol–water partition coefficient (Wildman–Crippen LogP) is 8.62. The zero-order chi connectivity index (χ0) is 32.4. The molecule has 1 aliphatic rings. The minimum Gasteiger partial charge on any atom is -0.460 e. The number of allylic oxidation sites excluding steroid dienone is 1. The molecule has 0 radical (unpaired) electrons. The van der Waals surface area contributed by atoms with Gasteiger partial charge in [-0.3, -0.25) is 9.59 Å². The van der Waals surface area contributed by atoms with Gasteiger partial charge in [-0.2, -0.15) is 0 Å². The number of carbonyl (C=O) groups is 2. The number of rotatable bonds is 8. The lowest BCUT2D eigenvalue weighted by atomic mass is 9.96. The molecule has 6 nitrogen and oxygen atoms in total. The summed E-state index contributed by atoms with van der Waals surface area (Å²) in [5.41, 5.74) is 10.3. The van der Waals surface area contributed by atoms with E-state index in [9.17, 15) is 22.8 Å². The van der Waals surface area contributed by atoms with E-state index >= 15 is 0 Å². The molecule has 0 spiro atoms. The number of hydrogen-bond acceptors (Lipinski definition) is 5. The number of aromatic nitrogens is 1. The first kappa shape index (κ1) is 31.1. The van der Waals surface area contributed by atoms with Crippen LogP contribution in [-0.4, -0.2) is 40.6 Å². The maximum absolute atomic E-state index is 14.0. The molecule has 3 heterocycles. The van der Waals surface area contributed by atoms with Gasteiger partial charge in [-0.15, -0.1) is 0 Å². The van der Waals surface area contributed by atoms with Crippen LogP contribution in [0.25, 0.3) is 39.3 Å². The molecule has 1 saturated heterocycles. The van der Waals surface area contributed by atoms with Crippen LogP contribution >= 0.6 is 11.6 Å². The van der Waals surface area contributed by atoms with Crippen molar-refractivity contribution in [3.8, 4) is 22.3 Å². The first-order chi connectivity index (χ1) is 22.0. The van der Waals surface area contributed by atoms with Crippen LogP contribution in [-0.2, 0) is 11.2 Å². The molecule has 0 bridgehead atoms. The highest BCUT2D eigenvalue weighted by atomic mass is 35.5. The molecule has 10 heteroatoms. The lowest BCUT2D eigenvalue weighted by Crippen LogP contribution is -2.42. The Balaban J connectivity index is 1.26. The van der Waals surface area contributed by atoms with Crippen molar-refractivity contribution in [1.82, 2.24) is 9.88 Å². The van der Waals surface area contributed by atoms with Gasteiger partial charge in [0, 0.05) is 61.5 Å². The van der Waals surface area contributed by atoms with Gasteiger partial charge in [-0.25, -0.2) is 18.2 Å². The molecule has 5 aromatic rings. The molecule has 0 saturated carbocycles. The quantitative estimate of drug-likeness (QED) is 0.171. The topological polar surface area (TPSA) is 89.4 Å². The van der Waals surface area contributed by atoms with E-state index < -0.39 is 11.7 Å². The van der Waals surface area contributed by atoms with Crippen LogP contribution in [0.5, 0.6) is 0 Å². The molecule has 0 atom stereocenters. The number of ketones is 1. The zero-order valence-corrected chi connectivity index (χ0v) is 25.4. The van der Waals surface area contributed by atoms with Gasteiger partial charge in [-0.1, -0.05) is 29.8 Å². The largest absolute Gasteiger partial charge is 0.460 e. The lowest BCUT2D eigenvalue weighted by molar-refractivity contribution is -0.114. The first-order valence-electron chi connectivity index (χ1n) is 14.8. The number of benzene rings is 3. The van der Waals surface area contributed by atoms with Crippen molar-refractivity contribution < 1.29 is 27.2 Å². The van der Waals surface area contributed by atoms with Crippen molar-refractivity contribution in [2.75, 3.05) is 18.8 Å². The van der Waals surface area contributed by atoms with Crippen LogP contribution in [0.2, 0.25) is 5.02 Å². The number of piperidine rings is 1. The molecule has 6 rings (SSSR count). The van der Waals surface area contributed by atoms with Crippen LogP contribution in [0.4, 0.5) is 19.0 Å². The van der Waals surface area contributed by atoms with Gasteiger partial charge in [0.25, 0.3) is 11.8 Å². The number of carbonyl (C=O) groups excluding carboxylic acids is 2. The number of furan rings is 1. The number of aryl methyl sites for hydroxylation is 1. The highest BCUT2D eigenvalue weighted by molar-refractivity contribution is 6.31. The van der Waals surface area contributed by atoms with Gasteiger partial charge in [0.2, 0.25) is 0 Å². The molecule has 1 amide bonds. The van der Waals surface area contributed by atoms with Crippen LogP contribution in [0.3, 0.4) is 0 Å². The fraction of sp³-hybridized carbons (Fsp3) is 0.194. The van der Waals surface area contributed by atoms with E-state index in [0.29, 0.717) is 40.3 Å². The number of alkyl halides is 2. The summed E-state index contributed by atoms with van der Waals surface area (Å²) in [4.78, 5) is 31.0. The molecule has 0 aliphatic carbocycles. The normalized spacial score (nSPS) is 14.7. The number of pyridine rings is 1. The first-order valence-corrected chi connectivity index (χ1v) is 15.1. The Morgan fingerprint density at radius 1 is 0.957 bits per heavy atom. The average molecular weight is 644 g/mol. The molecule has 234 valence electrons.